The summed E-state index contributed by atoms with van der Waals surface area (Å²) >= 11 is 5.82. The van der Waals surface area contributed by atoms with E-state index in [-0.39, 0.29) is 11.1 Å². The summed E-state index contributed by atoms with van der Waals surface area (Å²) in [6.45, 7) is 1.74. The van der Waals surface area contributed by atoms with Crippen LogP contribution in [-0.2, 0) is 4.79 Å². The van der Waals surface area contributed by atoms with E-state index in [2.05, 4.69) is 5.10 Å². The average molecular weight is 291 g/mol. The van der Waals surface area contributed by atoms with Gasteiger partial charge in [-0.3, -0.25) is 4.79 Å². The van der Waals surface area contributed by atoms with Crippen LogP contribution in [0.25, 0.3) is 11.8 Å². The highest BCUT2D eigenvalue weighted by Gasteiger charge is 2.06. The van der Waals surface area contributed by atoms with Gasteiger partial charge in [-0.2, -0.15) is 5.10 Å². The number of benzene rings is 1. The third-order valence-electron chi connectivity index (χ3n) is 2.59. The Morgan fingerprint density at radius 3 is 2.60 bits per heavy atom. The maximum atomic E-state index is 11.7. The molecule has 1 N–H and O–H groups in total. The van der Waals surface area contributed by atoms with Crippen LogP contribution in [0.4, 0.5) is 0 Å². The monoisotopic (exact) mass is 290 g/mol. The highest BCUT2D eigenvalue weighted by atomic mass is 35.5. The number of nitrogens with zero attached hydrogens (tertiary/aromatic N) is 2. The summed E-state index contributed by atoms with van der Waals surface area (Å²) in [5.41, 5.74) is 1.11. The Kier molecular flexibility index (Phi) is 4.00. The molecular weight excluding hydrogens is 280 g/mol. The fraction of sp³-hybridized carbons (Fsp3) is 0.0714. The molecule has 2 rings (SSSR count). The van der Waals surface area contributed by atoms with E-state index in [9.17, 15) is 9.59 Å². The number of carboxylic acid groups (broad SMARTS) is 1. The lowest BCUT2D eigenvalue weighted by Gasteiger charge is -2.09. The van der Waals surface area contributed by atoms with Gasteiger partial charge in [0.05, 0.1) is 5.69 Å². The van der Waals surface area contributed by atoms with Crippen molar-refractivity contribution in [3.63, 3.8) is 0 Å². The highest BCUT2D eigenvalue weighted by molar-refractivity contribution is 6.30. The van der Waals surface area contributed by atoms with Gasteiger partial charge >= 0.3 is 5.97 Å². The highest BCUT2D eigenvalue weighted by Crippen LogP contribution is 2.13. The van der Waals surface area contributed by atoms with E-state index in [1.165, 1.54) is 12.1 Å². The van der Waals surface area contributed by atoms with Crippen LogP contribution >= 0.6 is 11.6 Å². The minimum Gasteiger partial charge on any atom is -0.478 e. The summed E-state index contributed by atoms with van der Waals surface area (Å²) in [4.78, 5) is 22.3. The molecule has 1 heterocycles. The van der Waals surface area contributed by atoms with Crippen molar-refractivity contribution in [2.75, 3.05) is 0 Å². The molecule has 102 valence electrons. The lowest BCUT2D eigenvalue weighted by Crippen LogP contribution is -2.16. The number of hydrogen-bond donors (Lipinski definition) is 1. The van der Waals surface area contributed by atoms with Crippen molar-refractivity contribution in [3.05, 3.63) is 63.0 Å². The summed E-state index contributed by atoms with van der Waals surface area (Å²) in [6.07, 6.45) is 2.06. The van der Waals surface area contributed by atoms with Gasteiger partial charge in [0.1, 0.15) is 5.69 Å². The number of hydrogen-bond acceptors (Lipinski definition) is 3. The zero-order valence-corrected chi connectivity index (χ0v) is 11.3. The number of carbonyl (C=O) groups is 1. The van der Waals surface area contributed by atoms with E-state index in [0.29, 0.717) is 10.7 Å². The maximum absolute atomic E-state index is 11.7. The van der Waals surface area contributed by atoms with Crippen LogP contribution in [0.3, 0.4) is 0 Å². The van der Waals surface area contributed by atoms with Crippen LogP contribution in [0.15, 0.2) is 41.2 Å². The van der Waals surface area contributed by atoms with Gasteiger partial charge in [-0.05, 0) is 37.3 Å². The second-order valence-electron chi connectivity index (χ2n) is 4.10. The molecule has 0 amide bonds. The Labute approximate surface area is 119 Å². The first kappa shape index (κ1) is 14.0. The molecule has 0 unspecified atom stereocenters. The van der Waals surface area contributed by atoms with Crippen molar-refractivity contribution in [2.45, 2.75) is 6.92 Å². The van der Waals surface area contributed by atoms with Gasteiger partial charge in [0.15, 0.2) is 0 Å². The van der Waals surface area contributed by atoms with Crippen molar-refractivity contribution in [2.24, 2.45) is 0 Å². The van der Waals surface area contributed by atoms with Crippen LogP contribution in [0, 0.1) is 6.92 Å². The average Bonchev–Trinajstić information content (AvgIpc) is 2.39. The minimum atomic E-state index is -1.13. The Balaban J connectivity index is 2.54. The lowest BCUT2D eigenvalue weighted by molar-refractivity contribution is -0.131. The van der Waals surface area contributed by atoms with E-state index >= 15 is 0 Å². The van der Waals surface area contributed by atoms with Crippen LogP contribution in [0.2, 0.25) is 5.02 Å². The molecule has 0 aliphatic heterocycles. The normalized spacial score (nSPS) is 10.9. The summed E-state index contributed by atoms with van der Waals surface area (Å²) in [6, 6.07) is 8.35. The molecule has 0 atom stereocenters. The molecule has 0 radical (unpaired) electrons. The van der Waals surface area contributed by atoms with Gasteiger partial charge in [-0.25, -0.2) is 9.48 Å². The molecule has 1 aromatic heterocycles. The fourth-order valence-corrected chi connectivity index (χ4v) is 1.80. The van der Waals surface area contributed by atoms with E-state index in [4.69, 9.17) is 16.7 Å². The zero-order valence-electron chi connectivity index (χ0n) is 10.6. The minimum absolute atomic E-state index is 0.0629. The molecule has 0 saturated carbocycles. The van der Waals surface area contributed by atoms with E-state index in [0.717, 1.165) is 11.8 Å². The van der Waals surface area contributed by atoms with Crippen LogP contribution in [-0.4, -0.2) is 20.9 Å². The van der Waals surface area contributed by atoms with Crippen LogP contribution < -0.4 is 5.43 Å². The smallest absolute Gasteiger partial charge is 0.328 e. The summed E-state index contributed by atoms with van der Waals surface area (Å²) in [5, 5.41) is 13.3. The van der Waals surface area contributed by atoms with Crippen molar-refractivity contribution >= 4 is 23.6 Å². The van der Waals surface area contributed by atoms with Gasteiger partial charge in [-0.1, -0.05) is 11.6 Å². The summed E-state index contributed by atoms with van der Waals surface area (Å²) in [5.74, 6) is -1.13. The van der Waals surface area contributed by atoms with E-state index < -0.39 is 5.97 Å². The molecule has 5 nitrogen and oxygen atoms in total. The molecule has 0 bridgehead atoms. The van der Waals surface area contributed by atoms with Gasteiger partial charge in [0, 0.05) is 22.9 Å². The molecule has 0 saturated heterocycles. The van der Waals surface area contributed by atoms with Crippen LogP contribution in [0.5, 0.6) is 0 Å². The van der Waals surface area contributed by atoms with Crippen LogP contribution in [0.1, 0.15) is 11.4 Å². The quantitative estimate of drug-likeness (QED) is 0.880. The largest absolute Gasteiger partial charge is 0.478 e. The first-order valence-corrected chi connectivity index (χ1v) is 6.13. The topological polar surface area (TPSA) is 72.2 Å². The number of aliphatic carboxylic acids is 1. The number of aryl methyl sites for hydroxylation is 1. The molecule has 0 spiro atoms. The standard InChI is InChI=1S/C14H11ClN2O3/c1-9-8-13(18)12(6-7-14(19)20)16-17(9)11-4-2-10(15)3-5-11/h2-8H,1H3,(H,19,20)/b7-6+. The summed E-state index contributed by atoms with van der Waals surface area (Å²) in [7, 11) is 0. The number of carboxylic acids is 1. The molecule has 20 heavy (non-hydrogen) atoms. The second kappa shape index (κ2) is 5.71. The number of rotatable bonds is 3. The van der Waals surface area contributed by atoms with Crippen molar-refractivity contribution in [3.8, 4) is 5.69 Å². The third kappa shape index (κ3) is 3.13. The van der Waals surface area contributed by atoms with Gasteiger partial charge in [-0.15, -0.1) is 0 Å². The predicted molar refractivity (Wildman–Crippen MR) is 76.3 cm³/mol. The lowest BCUT2D eigenvalue weighted by atomic mass is 10.2. The molecule has 0 aliphatic rings. The second-order valence-corrected chi connectivity index (χ2v) is 4.53. The molecule has 0 aliphatic carbocycles. The first-order chi connectivity index (χ1) is 9.47. The Morgan fingerprint density at radius 2 is 2.00 bits per heavy atom. The maximum Gasteiger partial charge on any atom is 0.328 e. The third-order valence-corrected chi connectivity index (χ3v) is 2.84. The zero-order chi connectivity index (χ0) is 14.7. The van der Waals surface area contributed by atoms with Gasteiger partial charge < -0.3 is 5.11 Å². The van der Waals surface area contributed by atoms with E-state index in [1.54, 1.807) is 35.9 Å². The van der Waals surface area contributed by atoms with E-state index in [1.807, 2.05) is 0 Å². The fourth-order valence-electron chi connectivity index (χ4n) is 1.67. The molecule has 2 aromatic rings. The number of aromatic nitrogens is 2. The van der Waals surface area contributed by atoms with Gasteiger partial charge in [0.2, 0.25) is 5.43 Å². The summed E-state index contributed by atoms with van der Waals surface area (Å²) < 4.78 is 1.55. The van der Waals surface area contributed by atoms with Crippen molar-refractivity contribution in [1.82, 2.24) is 9.78 Å². The Bertz CT molecular complexity index is 733. The molecule has 6 heteroatoms. The van der Waals surface area contributed by atoms with Gasteiger partial charge in [0.25, 0.3) is 0 Å². The predicted octanol–water partition coefficient (Wildman–Crippen LogP) is 2.29. The number of halogens is 1. The van der Waals surface area contributed by atoms with Crippen molar-refractivity contribution in [1.29, 1.82) is 0 Å². The Hall–Kier alpha value is -2.40. The SMILES string of the molecule is Cc1cc(=O)c(/C=C/C(=O)O)nn1-c1ccc(Cl)cc1. The Morgan fingerprint density at radius 1 is 1.35 bits per heavy atom. The first-order valence-electron chi connectivity index (χ1n) is 5.75. The molecular formula is C14H11ClN2O3. The molecule has 0 fully saturated rings. The molecule has 1 aromatic carbocycles. The van der Waals surface area contributed by atoms with Crippen molar-refractivity contribution < 1.29 is 9.90 Å².